The molecule has 2 saturated heterocycles. The number of aromatic nitrogens is 2. The maximum absolute atomic E-state index is 13.9. The van der Waals surface area contributed by atoms with Crippen molar-refractivity contribution in [2.24, 2.45) is 0 Å². The molecule has 280 valence electrons. The van der Waals surface area contributed by atoms with E-state index in [4.69, 9.17) is 9.72 Å². The standard InChI is InChI=1S/C38H44BrN7O6S/c39-30-22-40-38(43-35(30)45-19-5-7-24-6-1-2-11-31(24)45)41-25-17-20-44(21-18-25)53(50,51)27-9-3-8-26(13-14-27)52-33-12-4-10-28-29(33)23-46(37(28)49)32-15-16-34(47)42-36(32)48/h1-2,4,6,10-12,22,25-27,32H,3,5,7-9,13-21,23H2,(H,40,41,43)(H,42,47,48). The molecular weight excluding hydrogens is 762 g/mol. The molecule has 13 nitrogen and oxygen atoms in total. The molecule has 1 aromatic heterocycles. The molecule has 3 amide bonds. The summed E-state index contributed by atoms with van der Waals surface area (Å²) in [4.78, 5) is 50.7. The lowest BCUT2D eigenvalue weighted by Gasteiger charge is -2.34. The molecule has 15 heteroatoms. The van der Waals surface area contributed by atoms with E-state index in [1.54, 1.807) is 22.6 Å². The van der Waals surface area contributed by atoms with Gasteiger partial charge in [0.1, 0.15) is 11.8 Å². The van der Waals surface area contributed by atoms with Crippen LogP contribution in [0.3, 0.4) is 0 Å². The Hall–Kier alpha value is -4.08. The van der Waals surface area contributed by atoms with E-state index >= 15 is 0 Å². The number of para-hydroxylation sites is 1. The number of hydrogen-bond acceptors (Lipinski definition) is 10. The van der Waals surface area contributed by atoms with Crippen LogP contribution in [0.1, 0.15) is 85.7 Å². The molecule has 3 atom stereocenters. The highest BCUT2D eigenvalue weighted by Gasteiger charge is 2.41. The second kappa shape index (κ2) is 15.0. The number of halogens is 1. The van der Waals surface area contributed by atoms with Crippen LogP contribution in [0.25, 0.3) is 0 Å². The normalized spacial score (nSPS) is 24.3. The van der Waals surface area contributed by atoms with Gasteiger partial charge in [-0.05, 0) is 104 Å². The highest BCUT2D eigenvalue weighted by Crippen LogP contribution is 2.38. The quantitative estimate of drug-likeness (QED) is 0.233. The molecule has 0 bridgehead atoms. The zero-order valence-electron chi connectivity index (χ0n) is 29.5. The van der Waals surface area contributed by atoms with E-state index in [9.17, 15) is 22.8 Å². The van der Waals surface area contributed by atoms with Crippen LogP contribution in [0.15, 0.2) is 53.1 Å². The third-order valence-electron chi connectivity index (χ3n) is 11.4. The zero-order valence-corrected chi connectivity index (χ0v) is 31.9. The number of aryl methyl sites for hydroxylation is 1. The number of amides is 3. The number of hydrogen-bond donors (Lipinski definition) is 2. The van der Waals surface area contributed by atoms with E-state index in [1.165, 1.54) is 10.5 Å². The van der Waals surface area contributed by atoms with E-state index in [1.807, 2.05) is 6.07 Å². The molecule has 3 fully saturated rings. The number of rotatable bonds is 8. The van der Waals surface area contributed by atoms with Gasteiger partial charge in [0.05, 0.1) is 22.4 Å². The molecule has 53 heavy (non-hydrogen) atoms. The molecular formula is C38H44BrN7O6S. The molecule has 3 aromatic rings. The minimum Gasteiger partial charge on any atom is -0.490 e. The third kappa shape index (κ3) is 7.27. The molecule has 5 aliphatic rings. The number of ether oxygens (including phenoxy) is 1. The zero-order chi connectivity index (χ0) is 36.7. The first-order valence-electron chi connectivity index (χ1n) is 18.7. The Labute approximate surface area is 318 Å². The molecule has 1 saturated carbocycles. The summed E-state index contributed by atoms with van der Waals surface area (Å²) in [6, 6.07) is 13.1. The van der Waals surface area contributed by atoms with Gasteiger partial charge in [0.25, 0.3) is 5.91 Å². The van der Waals surface area contributed by atoms with Gasteiger partial charge in [0.2, 0.25) is 27.8 Å². The number of carbonyl (C=O) groups is 3. The van der Waals surface area contributed by atoms with Crippen molar-refractivity contribution in [3.8, 4) is 5.75 Å². The second-order valence-corrected chi connectivity index (χ2v) is 17.7. The smallest absolute Gasteiger partial charge is 0.255 e. The summed E-state index contributed by atoms with van der Waals surface area (Å²) in [6.07, 6.45) is 8.57. The van der Waals surface area contributed by atoms with Crippen molar-refractivity contribution in [3.05, 3.63) is 69.8 Å². The van der Waals surface area contributed by atoms with Crippen LogP contribution in [0.4, 0.5) is 17.5 Å². The molecule has 0 spiro atoms. The SMILES string of the molecule is O=C1CCC(N2Cc3c(OC4CCCC(S(=O)(=O)N5CCC(Nc6ncc(Br)c(N7CCCc8ccccc87)n6)CC5)CC4)cccc3C2=O)C(=O)N1. The minimum absolute atomic E-state index is 0.0569. The molecule has 5 heterocycles. The first-order valence-corrected chi connectivity index (χ1v) is 21.0. The van der Waals surface area contributed by atoms with E-state index in [-0.39, 0.29) is 36.9 Å². The summed E-state index contributed by atoms with van der Waals surface area (Å²) in [6.45, 7) is 1.98. The lowest BCUT2D eigenvalue weighted by atomic mass is 10.0. The van der Waals surface area contributed by atoms with Crippen molar-refractivity contribution in [2.75, 3.05) is 29.9 Å². The third-order valence-corrected chi connectivity index (χ3v) is 14.3. The van der Waals surface area contributed by atoms with Gasteiger partial charge in [-0.1, -0.05) is 24.3 Å². The van der Waals surface area contributed by atoms with Crippen LogP contribution in [0.5, 0.6) is 5.75 Å². The predicted molar refractivity (Wildman–Crippen MR) is 202 cm³/mol. The fourth-order valence-electron chi connectivity index (χ4n) is 8.52. The van der Waals surface area contributed by atoms with Crippen LogP contribution in [0, 0.1) is 0 Å². The van der Waals surface area contributed by atoms with Gasteiger partial charge in [0, 0.05) is 55.1 Å². The van der Waals surface area contributed by atoms with E-state index in [0.717, 1.165) is 40.9 Å². The average Bonchev–Trinajstić information content (AvgIpc) is 3.31. The van der Waals surface area contributed by atoms with E-state index in [0.29, 0.717) is 81.7 Å². The van der Waals surface area contributed by atoms with Crippen LogP contribution in [-0.4, -0.2) is 88.4 Å². The predicted octanol–water partition coefficient (Wildman–Crippen LogP) is 5.07. The Bertz CT molecular complexity index is 2020. The van der Waals surface area contributed by atoms with Crippen LogP contribution < -0.4 is 20.3 Å². The largest absolute Gasteiger partial charge is 0.490 e. The number of sulfonamides is 1. The first-order chi connectivity index (χ1) is 25.7. The number of fused-ring (bicyclic) bond motifs is 2. The van der Waals surface area contributed by atoms with Crippen molar-refractivity contribution in [3.63, 3.8) is 0 Å². The maximum atomic E-state index is 13.9. The Morgan fingerprint density at radius 2 is 1.72 bits per heavy atom. The summed E-state index contributed by atoms with van der Waals surface area (Å²) in [5.74, 6) is 0.936. The lowest BCUT2D eigenvalue weighted by molar-refractivity contribution is -0.136. The number of anilines is 3. The number of imide groups is 1. The Balaban J connectivity index is 0.859. The minimum atomic E-state index is -3.51. The molecule has 2 aromatic carbocycles. The number of carbonyl (C=O) groups excluding carboxylic acids is 3. The molecule has 0 radical (unpaired) electrons. The second-order valence-electron chi connectivity index (χ2n) is 14.7. The fourth-order valence-corrected chi connectivity index (χ4v) is 11.0. The van der Waals surface area contributed by atoms with Gasteiger partial charge >= 0.3 is 0 Å². The van der Waals surface area contributed by atoms with Crippen LogP contribution >= 0.6 is 15.9 Å². The Morgan fingerprint density at radius 1 is 0.887 bits per heavy atom. The number of nitrogens with one attached hydrogen (secondary N) is 2. The van der Waals surface area contributed by atoms with Crippen LogP contribution in [0.2, 0.25) is 0 Å². The highest BCUT2D eigenvalue weighted by atomic mass is 79.9. The monoisotopic (exact) mass is 805 g/mol. The topological polar surface area (TPSA) is 154 Å². The average molecular weight is 807 g/mol. The van der Waals surface area contributed by atoms with Crippen molar-refractivity contribution < 1.29 is 27.5 Å². The van der Waals surface area contributed by atoms with E-state index < -0.39 is 27.2 Å². The van der Waals surface area contributed by atoms with Gasteiger partial charge in [-0.3, -0.25) is 19.7 Å². The molecule has 1 aliphatic carbocycles. The highest BCUT2D eigenvalue weighted by molar-refractivity contribution is 9.10. The molecule has 2 N–H and O–H groups in total. The lowest BCUT2D eigenvalue weighted by Crippen LogP contribution is -2.52. The van der Waals surface area contributed by atoms with Crippen molar-refractivity contribution in [2.45, 2.75) is 101 Å². The Kier molecular flexibility index (Phi) is 10.2. The summed E-state index contributed by atoms with van der Waals surface area (Å²) in [7, 11) is -3.51. The molecule has 3 unspecified atom stereocenters. The van der Waals surface area contributed by atoms with Crippen molar-refractivity contribution in [1.29, 1.82) is 0 Å². The number of nitrogens with zero attached hydrogens (tertiary/aromatic N) is 5. The van der Waals surface area contributed by atoms with Gasteiger partial charge in [0.15, 0.2) is 5.82 Å². The number of piperidine rings is 2. The van der Waals surface area contributed by atoms with E-state index in [2.05, 4.69) is 60.7 Å². The van der Waals surface area contributed by atoms with Gasteiger partial charge < -0.3 is 19.9 Å². The first kappa shape index (κ1) is 35.9. The summed E-state index contributed by atoms with van der Waals surface area (Å²) >= 11 is 3.66. The van der Waals surface area contributed by atoms with Crippen LogP contribution in [-0.2, 0) is 32.6 Å². The number of benzene rings is 2. The Morgan fingerprint density at radius 3 is 2.55 bits per heavy atom. The molecule has 4 aliphatic heterocycles. The van der Waals surface area contributed by atoms with Gasteiger partial charge in [-0.15, -0.1) is 0 Å². The van der Waals surface area contributed by atoms with Gasteiger partial charge in [-0.25, -0.2) is 17.7 Å². The summed E-state index contributed by atoms with van der Waals surface area (Å²) in [5, 5.41) is 5.35. The summed E-state index contributed by atoms with van der Waals surface area (Å²) < 4.78 is 36.9. The molecule has 8 rings (SSSR count). The van der Waals surface area contributed by atoms with Gasteiger partial charge in [-0.2, -0.15) is 4.98 Å². The van der Waals surface area contributed by atoms with Crippen molar-refractivity contribution in [1.82, 2.24) is 24.5 Å². The fraction of sp³-hybridized carbons (Fsp3) is 0.500. The summed E-state index contributed by atoms with van der Waals surface area (Å²) in [5.41, 5.74) is 3.70. The van der Waals surface area contributed by atoms with Crippen molar-refractivity contribution >= 4 is 61.1 Å². The maximum Gasteiger partial charge on any atom is 0.255 e.